The van der Waals surface area contributed by atoms with Crippen LogP contribution in [-0.4, -0.2) is 74.0 Å². The Morgan fingerprint density at radius 1 is 0.941 bits per heavy atom. The van der Waals surface area contributed by atoms with E-state index in [1.54, 1.807) is 13.8 Å². The number of carboxylic acids is 2. The van der Waals surface area contributed by atoms with Crippen LogP contribution in [0.15, 0.2) is 12.5 Å². The summed E-state index contributed by atoms with van der Waals surface area (Å²) in [6, 6.07) is -4.89. The van der Waals surface area contributed by atoms with E-state index in [9.17, 15) is 34.2 Å². The van der Waals surface area contributed by atoms with Gasteiger partial charge < -0.3 is 36.9 Å². The molecular weight excluding hydrogens is 448 g/mol. The van der Waals surface area contributed by atoms with Gasteiger partial charge in [-0.2, -0.15) is 0 Å². The Hall–Kier alpha value is -3.48. The average molecular weight is 483 g/mol. The Bertz CT molecular complexity index is 856. The highest BCUT2D eigenvalue weighted by Crippen LogP contribution is 2.08. The van der Waals surface area contributed by atoms with Crippen molar-refractivity contribution in [1.29, 1.82) is 0 Å². The van der Waals surface area contributed by atoms with E-state index in [0.717, 1.165) is 0 Å². The van der Waals surface area contributed by atoms with Gasteiger partial charge in [0.15, 0.2) is 0 Å². The molecule has 0 spiro atoms. The minimum absolute atomic E-state index is 0.0242. The van der Waals surface area contributed by atoms with Gasteiger partial charge in [-0.3, -0.25) is 19.2 Å². The first kappa shape index (κ1) is 28.6. The lowest BCUT2D eigenvalue weighted by Crippen LogP contribution is -2.58. The van der Waals surface area contributed by atoms with E-state index in [1.165, 1.54) is 12.5 Å². The summed E-state index contributed by atoms with van der Waals surface area (Å²) in [6.07, 6.45) is 2.02. The first-order valence-electron chi connectivity index (χ1n) is 10.9. The molecule has 0 radical (unpaired) electrons. The molecule has 1 rings (SSSR count). The second-order valence-corrected chi connectivity index (χ2v) is 8.80. The van der Waals surface area contributed by atoms with Crippen molar-refractivity contribution in [2.75, 3.05) is 0 Å². The fraction of sp³-hybridized carbons (Fsp3) is 0.619. The first-order valence-corrected chi connectivity index (χ1v) is 10.9. The number of hydrogen-bond acceptors (Lipinski definition) is 7. The van der Waals surface area contributed by atoms with Crippen molar-refractivity contribution in [3.05, 3.63) is 18.2 Å². The van der Waals surface area contributed by atoms with Crippen LogP contribution in [0, 0.1) is 11.8 Å². The maximum absolute atomic E-state index is 12.9. The monoisotopic (exact) mass is 482 g/mol. The van der Waals surface area contributed by atoms with Crippen LogP contribution >= 0.6 is 0 Å². The SMILES string of the molecule is CC(C)CC(NC(=O)C(N)C(C)C)C(=O)NC(CC(=O)O)C(=O)NC(Cc1cnc[nH]1)C(=O)O. The Morgan fingerprint density at radius 3 is 1.97 bits per heavy atom. The number of H-pyrrole nitrogens is 1. The number of nitrogens with one attached hydrogen (secondary N) is 4. The maximum Gasteiger partial charge on any atom is 0.326 e. The molecule has 4 unspecified atom stereocenters. The number of carboxylic acid groups (broad SMARTS) is 2. The number of imidazole rings is 1. The van der Waals surface area contributed by atoms with Crippen LogP contribution in [0.1, 0.15) is 46.2 Å². The van der Waals surface area contributed by atoms with Gasteiger partial charge >= 0.3 is 11.9 Å². The van der Waals surface area contributed by atoms with Crippen molar-refractivity contribution in [1.82, 2.24) is 25.9 Å². The third kappa shape index (κ3) is 9.57. The summed E-state index contributed by atoms with van der Waals surface area (Å²) in [5, 5.41) is 25.8. The van der Waals surface area contributed by atoms with Crippen LogP contribution < -0.4 is 21.7 Å². The Kier molecular flexibility index (Phi) is 11.2. The minimum Gasteiger partial charge on any atom is -0.481 e. The lowest BCUT2D eigenvalue weighted by Gasteiger charge is -2.26. The smallest absolute Gasteiger partial charge is 0.326 e. The van der Waals surface area contributed by atoms with Crippen molar-refractivity contribution in [2.45, 2.75) is 71.1 Å². The Labute approximate surface area is 197 Å². The van der Waals surface area contributed by atoms with Crippen LogP contribution in [0.3, 0.4) is 0 Å². The van der Waals surface area contributed by atoms with Crippen LogP contribution in [-0.2, 0) is 30.4 Å². The molecule has 0 saturated heterocycles. The molecule has 0 aliphatic carbocycles. The normalized spacial score (nSPS) is 14.7. The van der Waals surface area contributed by atoms with E-state index < -0.39 is 60.2 Å². The Morgan fingerprint density at radius 2 is 1.50 bits per heavy atom. The molecule has 3 amide bonds. The molecule has 13 heteroatoms. The molecule has 0 aliphatic heterocycles. The third-order valence-electron chi connectivity index (χ3n) is 4.97. The number of aliphatic carboxylic acids is 2. The van der Waals surface area contributed by atoms with Crippen molar-refractivity contribution < 1.29 is 34.2 Å². The number of nitrogens with zero attached hydrogens (tertiary/aromatic N) is 1. The van der Waals surface area contributed by atoms with Gasteiger partial charge in [-0.25, -0.2) is 9.78 Å². The molecule has 8 N–H and O–H groups in total. The Balaban J connectivity index is 2.99. The van der Waals surface area contributed by atoms with E-state index in [2.05, 4.69) is 25.9 Å². The zero-order valence-corrected chi connectivity index (χ0v) is 19.7. The molecule has 190 valence electrons. The van der Waals surface area contributed by atoms with Crippen molar-refractivity contribution in [3.63, 3.8) is 0 Å². The van der Waals surface area contributed by atoms with Gasteiger partial charge in [0.05, 0.1) is 18.8 Å². The molecule has 0 aromatic carbocycles. The highest BCUT2D eigenvalue weighted by atomic mass is 16.4. The molecule has 1 aromatic rings. The van der Waals surface area contributed by atoms with Gasteiger partial charge in [0.25, 0.3) is 0 Å². The highest BCUT2D eigenvalue weighted by molar-refractivity contribution is 5.95. The number of rotatable bonds is 14. The lowest BCUT2D eigenvalue weighted by molar-refractivity contribution is -0.143. The summed E-state index contributed by atoms with van der Waals surface area (Å²) in [4.78, 5) is 67.4. The molecule has 0 bridgehead atoms. The fourth-order valence-corrected chi connectivity index (χ4v) is 3.02. The molecule has 1 aromatic heterocycles. The van der Waals surface area contributed by atoms with Gasteiger partial charge in [0, 0.05) is 18.3 Å². The van der Waals surface area contributed by atoms with Crippen molar-refractivity contribution >= 4 is 29.7 Å². The predicted molar refractivity (Wildman–Crippen MR) is 120 cm³/mol. The molecule has 34 heavy (non-hydrogen) atoms. The summed E-state index contributed by atoms with van der Waals surface area (Å²) in [6.45, 7) is 7.14. The molecule has 13 nitrogen and oxygen atoms in total. The summed E-state index contributed by atoms with van der Waals surface area (Å²) in [7, 11) is 0. The molecule has 0 fully saturated rings. The van der Waals surface area contributed by atoms with E-state index in [1.807, 2.05) is 13.8 Å². The van der Waals surface area contributed by atoms with Crippen LogP contribution in [0.2, 0.25) is 0 Å². The summed E-state index contributed by atoms with van der Waals surface area (Å²) >= 11 is 0. The topological polar surface area (TPSA) is 217 Å². The summed E-state index contributed by atoms with van der Waals surface area (Å²) < 4.78 is 0. The van der Waals surface area contributed by atoms with Gasteiger partial charge in [-0.15, -0.1) is 0 Å². The molecule has 0 aliphatic rings. The minimum atomic E-state index is -1.57. The lowest BCUT2D eigenvalue weighted by atomic mass is 10.00. The van der Waals surface area contributed by atoms with Crippen LogP contribution in [0.25, 0.3) is 0 Å². The quantitative estimate of drug-likeness (QED) is 0.173. The second kappa shape index (κ2) is 13.3. The molecular formula is C21H34N6O7. The van der Waals surface area contributed by atoms with Crippen LogP contribution in [0.5, 0.6) is 0 Å². The fourth-order valence-electron chi connectivity index (χ4n) is 3.02. The maximum atomic E-state index is 12.9. The number of aromatic amines is 1. The van der Waals surface area contributed by atoms with Crippen molar-refractivity contribution in [3.8, 4) is 0 Å². The van der Waals surface area contributed by atoms with Gasteiger partial charge in [-0.1, -0.05) is 27.7 Å². The second-order valence-electron chi connectivity index (χ2n) is 8.80. The van der Waals surface area contributed by atoms with Gasteiger partial charge in [0.2, 0.25) is 17.7 Å². The van der Waals surface area contributed by atoms with E-state index in [0.29, 0.717) is 5.69 Å². The number of carbonyl (C=O) groups is 5. The standard InChI is InChI=1S/C21H34N6O7/c1-10(2)5-13(26-20(32)17(22)11(3)4)18(30)25-14(7-16(28)29)19(31)27-15(21(33)34)6-12-8-23-9-24-12/h8-11,13-15,17H,5-7,22H2,1-4H3,(H,23,24)(H,25,30)(H,26,32)(H,27,31)(H,28,29)(H,33,34). The summed E-state index contributed by atoms with van der Waals surface area (Å²) in [5.74, 6) is -5.26. The summed E-state index contributed by atoms with van der Waals surface area (Å²) in [5.41, 5.74) is 6.28. The van der Waals surface area contributed by atoms with E-state index >= 15 is 0 Å². The number of nitrogens with two attached hydrogens (primary N) is 1. The molecule has 4 atom stereocenters. The molecule has 1 heterocycles. The van der Waals surface area contributed by atoms with Gasteiger partial charge in [-0.05, 0) is 18.3 Å². The first-order chi connectivity index (χ1) is 15.8. The highest BCUT2D eigenvalue weighted by Gasteiger charge is 2.32. The number of hydrogen-bond donors (Lipinski definition) is 7. The third-order valence-corrected chi connectivity index (χ3v) is 4.97. The van der Waals surface area contributed by atoms with Crippen LogP contribution in [0.4, 0.5) is 0 Å². The van der Waals surface area contributed by atoms with E-state index in [4.69, 9.17) is 5.73 Å². The average Bonchev–Trinajstić information content (AvgIpc) is 3.23. The number of aromatic nitrogens is 2. The zero-order valence-electron chi connectivity index (χ0n) is 19.7. The van der Waals surface area contributed by atoms with Gasteiger partial charge in [0.1, 0.15) is 18.1 Å². The number of carbonyl (C=O) groups excluding carboxylic acids is 3. The zero-order chi connectivity index (χ0) is 26.0. The molecule has 0 saturated carbocycles. The number of amides is 3. The van der Waals surface area contributed by atoms with Crippen molar-refractivity contribution in [2.24, 2.45) is 17.6 Å². The van der Waals surface area contributed by atoms with E-state index in [-0.39, 0.29) is 24.7 Å². The largest absolute Gasteiger partial charge is 0.481 e. The predicted octanol–water partition coefficient (Wildman–Crippen LogP) is -1.00.